The first-order chi connectivity index (χ1) is 15.4. The first-order valence-electron chi connectivity index (χ1n) is 12.2. The number of aromatic amines is 1. The van der Waals surface area contributed by atoms with Crippen LogP contribution in [0.5, 0.6) is 0 Å². The van der Waals surface area contributed by atoms with E-state index in [0.29, 0.717) is 0 Å². The van der Waals surface area contributed by atoms with Gasteiger partial charge >= 0.3 is 0 Å². The van der Waals surface area contributed by atoms with E-state index in [9.17, 15) is 0 Å². The van der Waals surface area contributed by atoms with Crippen molar-refractivity contribution in [1.82, 2.24) is 4.98 Å². The summed E-state index contributed by atoms with van der Waals surface area (Å²) in [6.45, 7) is 0. The smallest absolute Gasteiger partial charge is 0.142 e. The molecule has 0 radical (unpaired) electrons. The van der Waals surface area contributed by atoms with Gasteiger partial charge in [0, 0.05) is 21.8 Å². The van der Waals surface area contributed by atoms with Crippen molar-refractivity contribution in [3.63, 3.8) is 0 Å². The van der Waals surface area contributed by atoms with E-state index >= 15 is 0 Å². The summed E-state index contributed by atoms with van der Waals surface area (Å²) in [4.78, 5) is 3.94. The fraction of sp³-hybridized carbons (Fsp3) is 0. The molecule has 1 aromatic heterocycles. The molecule has 1 heterocycles. The molecule has 0 saturated carbocycles. The number of fused-ring (bicyclic) bond motifs is 5. The van der Waals surface area contributed by atoms with E-state index in [2.05, 4.69) is 99.1 Å². The van der Waals surface area contributed by atoms with Gasteiger partial charge in [-0.25, -0.2) is 0 Å². The predicted molar refractivity (Wildman–Crippen MR) is 189 cm³/mol. The van der Waals surface area contributed by atoms with Gasteiger partial charge in [0.1, 0.15) is 94.2 Å². The first-order valence-corrected chi connectivity index (χ1v) is 12.2. The second kappa shape index (κ2) is 7.24. The van der Waals surface area contributed by atoms with E-state index < -0.39 is 0 Å². The number of hydrogen-bond donors (Lipinski definition) is 1. The molecule has 0 fully saturated rings. The Morgan fingerprint density at radius 2 is 0.485 bits per heavy atom. The van der Waals surface area contributed by atoms with Crippen molar-refractivity contribution in [2.75, 3.05) is 0 Å². The molecular weight excluding hydrogens is 384 g/mol. The number of hydrogen-bond acceptors (Lipinski definition) is 0. The van der Waals surface area contributed by atoms with Crippen molar-refractivity contribution in [3.8, 4) is 0 Å². The molecule has 1 N–H and O–H groups in total. The Kier molecular flexibility index (Phi) is 4.99. The summed E-state index contributed by atoms with van der Waals surface area (Å²) < 4.78 is 0. The third-order valence-corrected chi connectivity index (χ3v) is 9.38. The van der Waals surface area contributed by atoms with Crippen LogP contribution in [0.1, 0.15) is 0 Å². The number of rotatable bonds is 0. The number of nitrogens with one attached hydrogen (secondary N) is 1. The fourth-order valence-corrected chi connectivity index (χ4v) is 6.81. The van der Waals surface area contributed by atoms with Crippen molar-refractivity contribution < 1.29 is 0 Å². The van der Waals surface area contributed by atoms with E-state index in [1.807, 2.05) is 0 Å². The van der Waals surface area contributed by atoms with Gasteiger partial charge in [0.15, 0.2) is 0 Å². The lowest BCUT2D eigenvalue weighted by Crippen LogP contribution is -2.50. The van der Waals surface area contributed by atoms with E-state index in [4.69, 9.17) is 0 Å². The highest BCUT2D eigenvalue weighted by molar-refractivity contribution is 6.74. The van der Waals surface area contributed by atoms with Gasteiger partial charge in [0.05, 0.1) is 0 Å². The summed E-state index contributed by atoms with van der Waals surface area (Å²) in [7, 11) is 27.7. The fourth-order valence-electron chi connectivity index (χ4n) is 6.81. The summed E-state index contributed by atoms with van der Waals surface area (Å²) in [5.74, 6) is 0. The lowest BCUT2D eigenvalue weighted by atomic mass is 9.60. The lowest BCUT2D eigenvalue weighted by Gasteiger charge is -2.22. The highest BCUT2D eigenvalue weighted by Gasteiger charge is 2.22. The van der Waals surface area contributed by atoms with E-state index in [0.717, 1.165) is 0 Å². The summed E-state index contributed by atoms with van der Waals surface area (Å²) in [6, 6.07) is 0. The topological polar surface area (TPSA) is 15.8 Å². The normalized spacial score (nSPS) is 11.9. The van der Waals surface area contributed by atoms with Crippen LogP contribution in [0.2, 0.25) is 0 Å². The quantitative estimate of drug-likeness (QED) is 0.245. The van der Waals surface area contributed by atoms with E-state index in [1.54, 1.807) is 0 Å². The van der Waals surface area contributed by atoms with Gasteiger partial charge in [-0.15, -0.1) is 21.9 Å². The minimum atomic E-state index is 1.31. The van der Waals surface area contributed by atoms with Gasteiger partial charge in [-0.3, -0.25) is 0 Å². The molecule has 33 heavy (non-hydrogen) atoms. The summed E-state index contributed by atoms with van der Waals surface area (Å²) in [5, 5.41) is 8.60. The Hall–Kier alpha value is -2.02. The molecule has 4 aromatic carbocycles. The van der Waals surface area contributed by atoms with Crippen molar-refractivity contribution in [2.24, 2.45) is 0 Å². The van der Waals surface area contributed by atoms with Gasteiger partial charge in [0.25, 0.3) is 0 Å². The van der Waals surface area contributed by atoms with E-state index in [1.165, 1.54) is 109 Å². The second-order valence-corrected chi connectivity index (χ2v) is 10.6. The Morgan fingerprint density at radius 3 is 0.758 bits per heavy atom. The predicted octanol–water partition coefficient (Wildman–Crippen LogP) is -15.3. The van der Waals surface area contributed by atoms with Crippen LogP contribution in [0.25, 0.3) is 43.4 Å². The minimum Gasteiger partial charge on any atom is -0.355 e. The lowest BCUT2D eigenvalue weighted by molar-refractivity contribution is 1.59. The Balaban J connectivity index is 2.18. The van der Waals surface area contributed by atoms with Crippen molar-refractivity contribution >= 4 is 203 Å². The molecule has 0 atom stereocenters. The molecule has 0 spiro atoms. The highest BCUT2D eigenvalue weighted by atomic mass is 14.7. The minimum absolute atomic E-state index is 1.31. The molecule has 0 aliphatic rings. The maximum Gasteiger partial charge on any atom is 0.142 e. The monoisotopic (exact) mass is 411 g/mol. The Morgan fingerprint density at radius 1 is 0.242 bits per heavy atom. The zero-order valence-electron chi connectivity index (χ0n) is 22.5. The first kappa shape index (κ1) is 22.8. The van der Waals surface area contributed by atoms with Gasteiger partial charge in [-0.05, 0) is 21.5 Å². The van der Waals surface area contributed by atoms with Crippen LogP contribution < -0.4 is 65.6 Å². The summed E-state index contributed by atoms with van der Waals surface area (Å²) >= 11 is 0. The molecule has 0 aliphatic carbocycles. The Bertz CT molecular complexity index is 1610. The maximum atomic E-state index is 3.94. The molecule has 5 aromatic rings. The molecule has 13 heteroatoms. The van der Waals surface area contributed by atoms with Crippen LogP contribution in [0.4, 0.5) is 0 Å². The standard InChI is InChI=1S/C20H25B12N/c21-7-1-3(11(25)17(31)15(29)9(1)23)13(27)19-5(7)6-8(22)2-4(14(28)20(6)33-19)12(26)18(32)16(30)10(2)24/h33H,21-32H2. The largest absolute Gasteiger partial charge is 0.355 e. The summed E-state index contributed by atoms with van der Waals surface area (Å²) in [6.07, 6.45) is 0. The molecule has 0 unspecified atom stereocenters. The van der Waals surface area contributed by atoms with Crippen LogP contribution in [0.3, 0.4) is 0 Å². The van der Waals surface area contributed by atoms with Crippen LogP contribution in [-0.4, -0.2) is 99.1 Å². The van der Waals surface area contributed by atoms with Crippen molar-refractivity contribution in [1.29, 1.82) is 0 Å². The zero-order chi connectivity index (χ0) is 24.3. The number of H-pyrrole nitrogens is 1. The third-order valence-electron chi connectivity index (χ3n) is 9.38. The molecule has 5 rings (SSSR count). The van der Waals surface area contributed by atoms with Gasteiger partial charge in [-0.1, -0.05) is 43.7 Å². The molecule has 0 amide bonds. The molecule has 0 aliphatic heterocycles. The van der Waals surface area contributed by atoms with Gasteiger partial charge < -0.3 is 4.98 Å². The van der Waals surface area contributed by atoms with E-state index in [-0.39, 0.29) is 0 Å². The molecule has 146 valence electrons. The van der Waals surface area contributed by atoms with Gasteiger partial charge in [-0.2, -0.15) is 0 Å². The third kappa shape index (κ3) is 2.66. The van der Waals surface area contributed by atoms with Crippen LogP contribution in [-0.2, 0) is 0 Å². The zero-order valence-corrected chi connectivity index (χ0v) is 22.5. The van der Waals surface area contributed by atoms with Crippen LogP contribution in [0, 0.1) is 0 Å². The number of benzene rings is 4. The second-order valence-electron chi connectivity index (χ2n) is 10.6. The molecule has 0 saturated heterocycles. The molecular formula is C20H25B12N. The SMILES string of the molecule is Bc1c(B)c(B)c2c(B)c3c([nH]c4c(B)c5c(B)c(B)c(B)c(B)c5c(B)c43)c(B)c2c1B. The summed E-state index contributed by atoms with van der Waals surface area (Å²) in [5.41, 5.74) is 19.6. The van der Waals surface area contributed by atoms with Crippen LogP contribution in [0.15, 0.2) is 0 Å². The van der Waals surface area contributed by atoms with Crippen molar-refractivity contribution in [2.45, 2.75) is 0 Å². The van der Waals surface area contributed by atoms with Gasteiger partial charge in [0.2, 0.25) is 0 Å². The van der Waals surface area contributed by atoms with Crippen LogP contribution >= 0.6 is 0 Å². The molecule has 1 nitrogen and oxygen atoms in total. The average Bonchev–Trinajstić information content (AvgIpc) is 3.20. The Labute approximate surface area is 207 Å². The highest BCUT2D eigenvalue weighted by Crippen LogP contribution is 2.24. The average molecular weight is 409 g/mol. The van der Waals surface area contributed by atoms with Crippen molar-refractivity contribution in [3.05, 3.63) is 0 Å². The number of aromatic nitrogens is 1. The molecule has 0 bridgehead atoms. The maximum absolute atomic E-state index is 3.94.